The monoisotopic (exact) mass is 237 g/mol. The molecule has 2 heterocycles. The van der Waals surface area contributed by atoms with Gasteiger partial charge in [0, 0.05) is 19.0 Å². The maximum absolute atomic E-state index is 12.3. The van der Waals surface area contributed by atoms with Gasteiger partial charge >= 0.3 is 6.03 Å². The van der Waals surface area contributed by atoms with Crippen molar-refractivity contribution in [2.75, 3.05) is 19.6 Å². The maximum atomic E-state index is 12.3. The van der Waals surface area contributed by atoms with Crippen molar-refractivity contribution in [2.24, 2.45) is 5.92 Å². The molecule has 2 aliphatic rings. The highest BCUT2D eigenvalue weighted by Crippen LogP contribution is 2.30. The molecule has 2 rings (SSSR count). The minimum Gasteiger partial charge on any atom is -0.323 e. The summed E-state index contributed by atoms with van der Waals surface area (Å²) in [6, 6.07) is -0.303. The topological polar surface area (TPSA) is 61.4 Å². The molecule has 0 saturated carbocycles. The Bertz CT molecular complexity index is 350. The van der Waals surface area contributed by atoms with Crippen molar-refractivity contribution in [1.82, 2.24) is 15.5 Å². The second-order valence-corrected chi connectivity index (χ2v) is 4.88. The van der Waals surface area contributed by atoms with Gasteiger partial charge in [0.1, 0.15) is 5.54 Å². The summed E-state index contributed by atoms with van der Waals surface area (Å²) >= 11 is 0. The van der Waals surface area contributed by atoms with Crippen LogP contribution in [0.2, 0.25) is 0 Å². The quantitative estimate of drug-likeness (QED) is 0.554. The van der Waals surface area contributed by atoms with Crippen LogP contribution in [0.5, 0.6) is 0 Å². The first kappa shape index (κ1) is 12.1. The first-order valence-electron chi connectivity index (χ1n) is 6.05. The van der Waals surface area contributed by atoms with E-state index in [2.05, 4.69) is 17.2 Å². The van der Waals surface area contributed by atoms with Crippen molar-refractivity contribution in [3.63, 3.8) is 0 Å². The number of urea groups is 1. The summed E-state index contributed by atoms with van der Waals surface area (Å²) in [6.07, 6.45) is 3.59. The van der Waals surface area contributed by atoms with Gasteiger partial charge in [-0.15, -0.1) is 6.58 Å². The van der Waals surface area contributed by atoms with Gasteiger partial charge in [-0.2, -0.15) is 0 Å². The lowest BCUT2D eigenvalue weighted by atomic mass is 9.80. The standard InChI is InChI=1S/C12H19N3O2/c1-3-7-15-10(16)12(2,14-11(15)17)9-5-4-6-13-8-9/h3,9,13H,1,4-8H2,2H3,(H,14,17). The number of rotatable bonds is 3. The third kappa shape index (κ3) is 1.95. The zero-order valence-corrected chi connectivity index (χ0v) is 10.2. The van der Waals surface area contributed by atoms with Gasteiger partial charge in [0.2, 0.25) is 0 Å². The molecule has 5 heteroatoms. The van der Waals surface area contributed by atoms with Crippen molar-refractivity contribution in [2.45, 2.75) is 25.3 Å². The van der Waals surface area contributed by atoms with Crippen LogP contribution in [0.3, 0.4) is 0 Å². The predicted octanol–water partition coefficient (Wildman–Crippen LogP) is 0.483. The van der Waals surface area contributed by atoms with Crippen LogP contribution in [-0.2, 0) is 4.79 Å². The molecule has 0 aromatic rings. The molecule has 0 spiro atoms. The second kappa shape index (κ2) is 4.49. The molecule has 2 saturated heterocycles. The first-order valence-corrected chi connectivity index (χ1v) is 6.05. The minimum atomic E-state index is -0.756. The Morgan fingerprint density at radius 2 is 2.35 bits per heavy atom. The van der Waals surface area contributed by atoms with Crippen molar-refractivity contribution in [3.05, 3.63) is 12.7 Å². The molecule has 0 aromatic heterocycles. The summed E-state index contributed by atoms with van der Waals surface area (Å²) < 4.78 is 0. The van der Waals surface area contributed by atoms with Gasteiger partial charge in [0.05, 0.1) is 0 Å². The average Bonchev–Trinajstić information content (AvgIpc) is 2.56. The molecule has 0 aliphatic carbocycles. The summed E-state index contributed by atoms with van der Waals surface area (Å²) in [7, 11) is 0. The number of hydrogen-bond acceptors (Lipinski definition) is 3. The van der Waals surface area contributed by atoms with E-state index in [0.29, 0.717) is 0 Å². The van der Waals surface area contributed by atoms with Crippen LogP contribution >= 0.6 is 0 Å². The number of hydrogen-bond donors (Lipinski definition) is 2. The van der Waals surface area contributed by atoms with Crippen molar-refractivity contribution in [3.8, 4) is 0 Å². The van der Waals surface area contributed by atoms with Crippen LogP contribution < -0.4 is 10.6 Å². The van der Waals surface area contributed by atoms with Crippen LogP contribution in [-0.4, -0.2) is 42.0 Å². The van der Waals surface area contributed by atoms with Gasteiger partial charge in [0.25, 0.3) is 5.91 Å². The SMILES string of the molecule is C=CCN1C(=O)NC(C)(C2CCCNC2)C1=O. The molecule has 0 bridgehead atoms. The molecular weight excluding hydrogens is 218 g/mol. The van der Waals surface area contributed by atoms with E-state index >= 15 is 0 Å². The summed E-state index contributed by atoms with van der Waals surface area (Å²) in [4.78, 5) is 25.3. The molecule has 2 unspecified atom stereocenters. The lowest BCUT2D eigenvalue weighted by Crippen LogP contribution is -2.55. The molecule has 2 atom stereocenters. The van der Waals surface area contributed by atoms with E-state index in [9.17, 15) is 9.59 Å². The molecule has 2 N–H and O–H groups in total. The van der Waals surface area contributed by atoms with Gasteiger partial charge in [-0.1, -0.05) is 6.08 Å². The van der Waals surface area contributed by atoms with Gasteiger partial charge in [-0.05, 0) is 26.3 Å². The van der Waals surface area contributed by atoms with E-state index in [-0.39, 0.29) is 24.4 Å². The van der Waals surface area contributed by atoms with Crippen molar-refractivity contribution < 1.29 is 9.59 Å². The van der Waals surface area contributed by atoms with Crippen LogP contribution in [0.25, 0.3) is 0 Å². The number of carbonyl (C=O) groups excluding carboxylic acids is 2. The Kier molecular flexibility index (Phi) is 3.19. The molecule has 2 fully saturated rings. The highest BCUT2D eigenvalue weighted by Gasteiger charge is 2.51. The predicted molar refractivity (Wildman–Crippen MR) is 64.4 cm³/mol. The Labute approximate surface area is 101 Å². The van der Waals surface area contributed by atoms with Gasteiger partial charge in [-0.3, -0.25) is 9.69 Å². The molecule has 0 aromatic carbocycles. The van der Waals surface area contributed by atoms with E-state index in [1.165, 1.54) is 4.90 Å². The number of amides is 3. The largest absolute Gasteiger partial charge is 0.325 e. The fourth-order valence-electron chi connectivity index (χ4n) is 2.63. The van der Waals surface area contributed by atoms with Crippen molar-refractivity contribution in [1.29, 1.82) is 0 Å². The Morgan fingerprint density at radius 1 is 1.59 bits per heavy atom. The summed E-state index contributed by atoms with van der Waals surface area (Å²) in [5.74, 6) is 0.0404. The van der Waals surface area contributed by atoms with E-state index < -0.39 is 5.54 Å². The molecule has 94 valence electrons. The maximum Gasteiger partial charge on any atom is 0.325 e. The van der Waals surface area contributed by atoms with E-state index in [1.54, 1.807) is 6.08 Å². The third-order valence-corrected chi connectivity index (χ3v) is 3.73. The molecular formula is C12H19N3O2. The first-order chi connectivity index (χ1) is 8.09. The van der Waals surface area contributed by atoms with E-state index in [0.717, 1.165) is 25.9 Å². The lowest BCUT2D eigenvalue weighted by Gasteiger charge is -2.34. The Morgan fingerprint density at radius 3 is 2.94 bits per heavy atom. The normalized spacial score (nSPS) is 33.7. The fourth-order valence-corrected chi connectivity index (χ4v) is 2.63. The Hall–Kier alpha value is -1.36. The number of nitrogens with zero attached hydrogens (tertiary/aromatic N) is 1. The zero-order valence-electron chi connectivity index (χ0n) is 10.2. The fraction of sp³-hybridized carbons (Fsp3) is 0.667. The van der Waals surface area contributed by atoms with Crippen LogP contribution in [0.1, 0.15) is 19.8 Å². The average molecular weight is 237 g/mol. The zero-order chi connectivity index (χ0) is 12.5. The summed E-state index contributed by atoms with van der Waals surface area (Å²) in [5.41, 5.74) is -0.756. The number of imide groups is 1. The number of nitrogens with one attached hydrogen (secondary N) is 2. The number of piperidine rings is 1. The molecule has 17 heavy (non-hydrogen) atoms. The lowest BCUT2D eigenvalue weighted by molar-refractivity contribution is -0.132. The second-order valence-electron chi connectivity index (χ2n) is 4.88. The Balaban J connectivity index is 2.17. The van der Waals surface area contributed by atoms with E-state index in [4.69, 9.17) is 0 Å². The highest BCUT2D eigenvalue weighted by molar-refractivity contribution is 6.07. The van der Waals surface area contributed by atoms with Gasteiger partial charge in [-0.25, -0.2) is 4.79 Å². The molecule has 5 nitrogen and oxygen atoms in total. The minimum absolute atomic E-state index is 0.129. The third-order valence-electron chi connectivity index (χ3n) is 3.73. The molecule has 0 radical (unpaired) electrons. The van der Waals surface area contributed by atoms with Gasteiger partial charge < -0.3 is 10.6 Å². The molecule has 2 aliphatic heterocycles. The van der Waals surface area contributed by atoms with Gasteiger partial charge in [0.15, 0.2) is 0 Å². The van der Waals surface area contributed by atoms with Crippen LogP contribution in [0.4, 0.5) is 4.79 Å². The number of carbonyl (C=O) groups is 2. The highest BCUT2D eigenvalue weighted by atomic mass is 16.2. The van der Waals surface area contributed by atoms with Crippen LogP contribution in [0, 0.1) is 5.92 Å². The smallest absolute Gasteiger partial charge is 0.323 e. The van der Waals surface area contributed by atoms with Crippen LogP contribution in [0.15, 0.2) is 12.7 Å². The van der Waals surface area contributed by atoms with Crippen molar-refractivity contribution >= 4 is 11.9 Å². The van der Waals surface area contributed by atoms with E-state index in [1.807, 2.05) is 6.92 Å². The molecule has 3 amide bonds. The summed E-state index contributed by atoms with van der Waals surface area (Å²) in [5, 5.41) is 6.11. The summed E-state index contributed by atoms with van der Waals surface area (Å²) in [6.45, 7) is 7.45.